The summed E-state index contributed by atoms with van der Waals surface area (Å²) in [5.74, 6) is -0.864. The summed E-state index contributed by atoms with van der Waals surface area (Å²) in [5.41, 5.74) is 0.250. The predicted molar refractivity (Wildman–Crippen MR) is 68.2 cm³/mol. The van der Waals surface area contributed by atoms with Crippen LogP contribution in [0.4, 0.5) is 0 Å². The first-order chi connectivity index (χ1) is 8.49. The zero-order chi connectivity index (χ0) is 13.7. The predicted octanol–water partition coefficient (Wildman–Crippen LogP) is 2.75. The van der Waals surface area contributed by atoms with Crippen LogP contribution >= 0.6 is 23.2 Å². The lowest BCUT2D eigenvalue weighted by Gasteiger charge is -2.11. The number of carbonyl (C=O) groups excluding carboxylic acids is 2. The van der Waals surface area contributed by atoms with E-state index in [9.17, 15) is 9.59 Å². The minimum Gasteiger partial charge on any atom is -0.349 e. The first-order valence-corrected chi connectivity index (χ1v) is 5.81. The molecule has 0 aliphatic carbocycles. The number of hydrogen-bond donors (Lipinski definition) is 0. The Morgan fingerprint density at radius 1 is 1.22 bits per heavy atom. The van der Waals surface area contributed by atoms with Crippen molar-refractivity contribution >= 4 is 34.8 Å². The van der Waals surface area contributed by atoms with Crippen molar-refractivity contribution in [3.05, 3.63) is 33.8 Å². The number of benzene rings is 1. The van der Waals surface area contributed by atoms with E-state index in [1.54, 1.807) is 0 Å². The second kappa shape index (κ2) is 6.85. The molecule has 0 spiro atoms. The fourth-order valence-corrected chi connectivity index (χ4v) is 1.93. The molecule has 0 bridgehead atoms. The molecule has 0 N–H and O–H groups in total. The standard InChI is InChI=1S/C12H12Cl2O4/c1-17-12(18-2)11(16)6-10(15)8-4-3-7(13)5-9(8)14/h3-5,12H,6H2,1-2H3. The van der Waals surface area contributed by atoms with Crippen molar-refractivity contribution in [3.63, 3.8) is 0 Å². The molecule has 0 heterocycles. The summed E-state index contributed by atoms with van der Waals surface area (Å²) in [6, 6.07) is 4.47. The van der Waals surface area contributed by atoms with Gasteiger partial charge >= 0.3 is 0 Å². The van der Waals surface area contributed by atoms with Gasteiger partial charge < -0.3 is 9.47 Å². The van der Waals surface area contributed by atoms with E-state index in [1.807, 2.05) is 0 Å². The largest absolute Gasteiger partial charge is 0.349 e. The van der Waals surface area contributed by atoms with E-state index >= 15 is 0 Å². The van der Waals surface area contributed by atoms with Crippen molar-refractivity contribution in [2.45, 2.75) is 12.7 Å². The monoisotopic (exact) mass is 290 g/mol. The normalized spacial score (nSPS) is 10.7. The third-order valence-corrected chi connectivity index (χ3v) is 2.81. The maximum absolute atomic E-state index is 11.9. The maximum Gasteiger partial charge on any atom is 0.217 e. The van der Waals surface area contributed by atoms with E-state index in [1.165, 1.54) is 32.4 Å². The van der Waals surface area contributed by atoms with E-state index in [0.717, 1.165) is 0 Å². The van der Waals surface area contributed by atoms with Crippen molar-refractivity contribution in [3.8, 4) is 0 Å². The number of carbonyl (C=O) groups is 2. The van der Waals surface area contributed by atoms with Gasteiger partial charge in [-0.05, 0) is 18.2 Å². The third kappa shape index (κ3) is 3.78. The van der Waals surface area contributed by atoms with Gasteiger partial charge in [-0.1, -0.05) is 23.2 Å². The fraction of sp³-hybridized carbons (Fsp3) is 0.333. The van der Waals surface area contributed by atoms with E-state index in [2.05, 4.69) is 0 Å². The molecule has 0 amide bonds. The molecule has 1 rings (SSSR count). The quantitative estimate of drug-likeness (QED) is 0.459. The highest BCUT2D eigenvalue weighted by molar-refractivity contribution is 6.37. The number of Topliss-reactive ketones (excluding diaryl/α,β-unsaturated/α-hetero) is 2. The SMILES string of the molecule is COC(OC)C(=O)CC(=O)c1ccc(Cl)cc1Cl. The van der Waals surface area contributed by atoms with Gasteiger partial charge in [-0.25, -0.2) is 0 Å². The van der Waals surface area contributed by atoms with Crippen LogP contribution in [0.1, 0.15) is 16.8 Å². The summed E-state index contributed by atoms with van der Waals surface area (Å²) in [5, 5.41) is 0.640. The lowest BCUT2D eigenvalue weighted by atomic mass is 10.1. The average molecular weight is 291 g/mol. The van der Waals surface area contributed by atoms with Crippen LogP contribution in [-0.2, 0) is 14.3 Å². The molecule has 0 aliphatic heterocycles. The van der Waals surface area contributed by atoms with Crippen molar-refractivity contribution in [2.24, 2.45) is 0 Å². The number of ketones is 2. The molecule has 0 aliphatic rings. The van der Waals surface area contributed by atoms with Crippen LogP contribution in [0.15, 0.2) is 18.2 Å². The van der Waals surface area contributed by atoms with Gasteiger partial charge in [0, 0.05) is 24.8 Å². The number of hydrogen-bond acceptors (Lipinski definition) is 4. The van der Waals surface area contributed by atoms with Crippen LogP contribution in [-0.4, -0.2) is 32.1 Å². The van der Waals surface area contributed by atoms with E-state index in [4.69, 9.17) is 32.7 Å². The minimum atomic E-state index is -1.04. The van der Waals surface area contributed by atoms with E-state index in [0.29, 0.717) is 5.02 Å². The molecular formula is C12H12Cl2O4. The summed E-state index contributed by atoms with van der Waals surface area (Å²) < 4.78 is 9.54. The smallest absolute Gasteiger partial charge is 0.217 e. The Morgan fingerprint density at radius 3 is 2.33 bits per heavy atom. The second-order valence-corrected chi connectivity index (χ2v) is 4.34. The van der Waals surface area contributed by atoms with Crippen LogP contribution in [0.25, 0.3) is 0 Å². The number of rotatable bonds is 6. The second-order valence-electron chi connectivity index (χ2n) is 3.49. The Bertz CT molecular complexity index is 455. The number of methoxy groups -OCH3 is 2. The van der Waals surface area contributed by atoms with Crippen molar-refractivity contribution in [1.29, 1.82) is 0 Å². The van der Waals surface area contributed by atoms with Crippen LogP contribution in [0.2, 0.25) is 10.0 Å². The van der Waals surface area contributed by atoms with Crippen molar-refractivity contribution in [2.75, 3.05) is 14.2 Å². The molecule has 0 radical (unpaired) electrons. The van der Waals surface area contributed by atoms with E-state index in [-0.39, 0.29) is 17.0 Å². The molecule has 0 fully saturated rings. The fourth-order valence-electron chi connectivity index (χ4n) is 1.41. The van der Waals surface area contributed by atoms with Crippen LogP contribution in [0, 0.1) is 0 Å². The Balaban J connectivity index is 2.79. The van der Waals surface area contributed by atoms with Gasteiger partial charge in [-0.3, -0.25) is 9.59 Å². The van der Waals surface area contributed by atoms with Crippen LogP contribution < -0.4 is 0 Å². The molecule has 1 aromatic rings. The third-order valence-electron chi connectivity index (χ3n) is 2.26. The molecule has 0 saturated carbocycles. The van der Waals surface area contributed by atoms with Gasteiger partial charge in [0.15, 0.2) is 11.6 Å². The van der Waals surface area contributed by atoms with Crippen molar-refractivity contribution in [1.82, 2.24) is 0 Å². The lowest BCUT2D eigenvalue weighted by molar-refractivity contribution is -0.155. The van der Waals surface area contributed by atoms with Crippen LogP contribution in [0.5, 0.6) is 0 Å². The zero-order valence-electron chi connectivity index (χ0n) is 9.91. The topological polar surface area (TPSA) is 52.6 Å². The highest BCUT2D eigenvalue weighted by Gasteiger charge is 2.22. The van der Waals surface area contributed by atoms with E-state index < -0.39 is 17.9 Å². The average Bonchev–Trinajstić information content (AvgIpc) is 2.30. The Kier molecular flexibility index (Phi) is 5.75. The summed E-state index contributed by atoms with van der Waals surface area (Å²) in [4.78, 5) is 23.5. The summed E-state index contributed by atoms with van der Waals surface area (Å²) in [6.07, 6.45) is -1.38. The molecule has 1 aromatic carbocycles. The molecule has 4 nitrogen and oxygen atoms in total. The van der Waals surface area contributed by atoms with Gasteiger partial charge in [0.05, 0.1) is 11.4 Å². The van der Waals surface area contributed by atoms with Gasteiger partial charge in [-0.15, -0.1) is 0 Å². The molecule has 18 heavy (non-hydrogen) atoms. The molecule has 0 atom stereocenters. The van der Waals surface area contributed by atoms with Gasteiger partial charge in [0.25, 0.3) is 0 Å². The summed E-state index contributed by atoms with van der Waals surface area (Å²) in [6.45, 7) is 0. The molecule has 98 valence electrons. The maximum atomic E-state index is 11.9. The highest BCUT2D eigenvalue weighted by Crippen LogP contribution is 2.22. The number of halogens is 2. The zero-order valence-corrected chi connectivity index (χ0v) is 11.4. The van der Waals surface area contributed by atoms with Crippen LogP contribution in [0.3, 0.4) is 0 Å². The summed E-state index contributed by atoms with van der Waals surface area (Å²) in [7, 11) is 2.65. The van der Waals surface area contributed by atoms with Gasteiger partial charge in [-0.2, -0.15) is 0 Å². The molecule has 0 saturated heterocycles. The van der Waals surface area contributed by atoms with Gasteiger partial charge in [0.2, 0.25) is 6.29 Å². The molecular weight excluding hydrogens is 279 g/mol. The Morgan fingerprint density at radius 2 is 1.83 bits per heavy atom. The number of ether oxygens (including phenoxy) is 2. The molecule has 6 heteroatoms. The minimum absolute atomic E-state index is 0.215. The van der Waals surface area contributed by atoms with Crippen molar-refractivity contribution < 1.29 is 19.1 Å². The first kappa shape index (κ1) is 15.1. The lowest BCUT2D eigenvalue weighted by Crippen LogP contribution is -2.27. The Hall–Kier alpha value is -0.940. The highest BCUT2D eigenvalue weighted by atomic mass is 35.5. The molecule has 0 aromatic heterocycles. The molecule has 0 unspecified atom stereocenters. The Labute approximate surface area is 115 Å². The summed E-state index contributed by atoms with van der Waals surface area (Å²) >= 11 is 11.6. The van der Waals surface area contributed by atoms with Gasteiger partial charge in [0.1, 0.15) is 0 Å². The first-order valence-electron chi connectivity index (χ1n) is 5.06.